The van der Waals surface area contributed by atoms with Gasteiger partial charge in [0.05, 0.1) is 28.4 Å². The normalized spacial score (nSPS) is 11.0. The van der Waals surface area contributed by atoms with E-state index in [9.17, 15) is 13.2 Å². The van der Waals surface area contributed by atoms with Gasteiger partial charge in [-0.25, -0.2) is 8.42 Å². The fourth-order valence-corrected chi connectivity index (χ4v) is 2.91. The van der Waals surface area contributed by atoms with Crippen molar-refractivity contribution in [3.05, 3.63) is 58.1 Å². The number of benzene rings is 2. The van der Waals surface area contributed by atoms with Crippen molar-refractivity contribution in [2.45, 2.75) is 0 Å². The van der Waals surface area contributed by atoms with Crippen LogP contribution in [0.3, 0.4) is 0 Å². The molecule has 1 amide bonds. The van der Waals surface area contributed by atoms with Gasteiger partial charge in [0.15, 0.2) is 0 Å². The molecule has 0 atom stereocenters. The van der Waals surface area contributed by atoms with Crippen molar-refractivity contribution < 1.29 is 17.9 Å². The maximum Gasteiger partial charge on any atom is 0.252 e. The average Bonchev–Trinajstić information content (AvgIpc) is 2.53. The first-order chi connectivity index (χ1) is 11.8. The van der Waals surface area contributed by atoms with Crippen molar-refractivity contribution in [2.24, 2.45) is 0 Å². The molecule has 2 aromatic rings. The maximum atomic E-state index is 12.2. The molecule has 6 nitrogen and oxygen atoms in total. The van der Waals surface area contributed by atoms with Crippen LogP contribution in [-0.4, -0.2) is 33.7 Å². The summed E-state index contributed by atoms with van der Waals surface area (Å²) in [5.41, 5.74) is 0.414. The number of carbonyl (C=O) groups excluding carboxylic acids is 1. The number of para-hydroxylation sites is 1. The third-order valence-corrected chi connectivity index (χ3v) is 4.24. The number of hydrogen-bond donors (Lipinski definition) is 2. The second-order valence-electron chi connectivity index (χ2n) is 5.10. The van der Waals surface area contributed by atoms with Crippen LogP contribution in [0.5, 0.6) is 5.75 Å². The minimum atomic E-state index is -3.45. The zero-order valence-electron chi connectivity index (χ0n) is 13.3. The number of anilines is 1. The van der Waals surface area contributed by atoms with Crippen LogP contribution >= 0.6 is 23.2 Å². The van der Waals surface area contributed by atoms with Crippen molar-refractivity contribution in [3.63, 3.8) is 0 Å². The van der Waals surface area contributed by atoms with E-state index in [2.05, 4.69) is 10.0 Å². The minimum absolute atomic E-state index is 0.160. The Morgan fingerprint density at radius 2 is 1.84 bits per heavy atom. The Hall–Kier alpha value is -1.96. The van der Waals surface area contributed by atoms with E-state index < -0.39 is 15.9 Å². The fourth-order valence-electron chi connectivity index (χ4n) is 1.96. The molecule has 0 aliphatic carbocycles. The van der Waals surface area contributed by atoms with Gasteiger partial charge in [-0.2, -0.15) is 0 Å². The van der Waals surface area contributed by atoms with Gasteiger partial charge in [0, 0.05) is 5.69 Å². The Labute approximate surface area is 156 Å². The van der Waals surface area contributed by atoms with Crippen LogP contribution in [0.25, 0.3) is 0 Å². The summed E-state index contributed by atoms with van der Waals surface area (Å²) in [5, 5.41) is 3.35. The summed E-state index contributed by atoms with van der Waals surface area (Å²) in [4.78, 5) is 12.2. The SMILES string of the molecule is CS(=O)(=O)Nc1ccc(Cl)c(C(=O)NCCOc2ccccc2Cl)c1. The predicted octanol–water partition coefficient (Wildman–Crippen LogP) is 3.17. The van der Waals surface area contributed by atoms with Gasteiger partial charge in [0.25, 0.3) is 5.91 Å². The van der Waals surface area contributed by atoms with E-state index in [0.717, 1.165) is 6.26 Å². The van der Waals surface area contributed by atoms with E-state index in [-0.39, 0.29) is 29.4 Å². The molecule has 0 saturated heterocycles. The third kappa shape index (κ3) is 6.12. The first kappa shape index (κ1) is 19.4. The number of amides is 1. The van der Waals surface area contributed by atoms with Gasteiger partial charge in [0.2, 0.25) is 10.0 Å². The zero-order valence-corrected chi connectivity index (χ0v) is 15.6. The van der Waals surface area contributed by atoms with Crippen LogP contribution in [0.4, 0.5) is 5.69 Å². The molecular weight excluding hydrogens is 387 g/mol. The number of hydrogen-bond acceptors (Lipinski definition) is 4. The summed E-state index contributed by atoms with van der Waals surface area (Å²) in [6, 6.07) is 11.3. The van der Waals surface area contributed by atoms with E-state index >= 15 is 0 Å². The van der Waals surface area contributed by atoms with E-state index in [1.165, 1.54) is 18.2 Å². The second kappa shape index (κ2) is 8.42. The van der Waals surface area contributed by atoms with Crippen molar-refractivity contribution >= 4 is 44.8 Å². The Morgan fingerprint density at radius 3 is 2.52 bits per heavy atom. The molecule has 0 heterocycles. The van der Waals surface area contributed by atoms with E-state index in [4.69, 9.17) is 27.9 Å². The fraction of sp³-hybridized carbons (Fsp3) is 0.188. The van der Waals surface area contributed by atoms with Crippen molar-refractivity contribution in [3.8, 4) is 5.75 Å². The summed E-state index contributed by atoms with van der Waals surface area (Å²) >= 11 is 12.0. The molecule has 0 radical (unpaired) electrons. The lowest BCUT2D eigenvalue weighted by Crippen LogP contribution is -2.28. The van der Waals surface area contributed by atoms with Gasteiger partial charge < -0.3 is 10.1 Å². The Bertz CT molecular complexity index is 872. The highest BCUT2D eigenvalue weighted by Gasteiger charge is 2.12. The third-order valence-electron chi connectivity index (χ3n) is 3.00. The van der Waals surface area contributed by atoms with Gasteiger partial charge in [-0.1, -0.05) is 35.3 Å². The molecule has 0 bridgehead atoms. The van der Waals surface area contributed by atoms with Gasteiger partial charge in [-0.15, -0.1) is 0 Å². The molecular formula is C16H16Cl2N2O4S. The largest absolute Gasteiger partial charge is 0.490 e. The Morgan fingerprint density at radius 1 is 1.12 bits per heavy atom. The predicted molar refractivity (Wildman–Crippen MR) is 99.2 cm³/mol. The van der Waals surface area contributed by atoms with Crippen LogP contribution in [0, 0.1) is 0 Å². The molecule has 134 valence electrons. The molecule has 0 unspecified atom stereocenters. The molecule has 0 fully saturated rings. The molecule has 0 spiro atoms. The highest BCUT2D eigenvalue weighted by atomic mass is 35.5. The molecule has 0 aliphatic heterocycles. The highest BCUT2D eigenvalue weighted by Crippen LogP contribution is 2.23. The number of sulfonamides is 1. The van der Waals surface area contributed by atoms with Crippen LogP contribution in [0.15, 0.2) is 42.5 Å². The number of nitrogens with one attached hydrogen (secondary N) is 2. The topological polar surface area (TPSA) is 84.5 Å². The zero-order chi connectivity index (χ0) is 18.4. The van der Waals surface area contributed by atoms with Crippen molar-refractivity contribution in [2.75, 3.05) is 24.1 Å². The lowest BCUT2D eigenvalue weighted by Gasteiger charge is -2.11. The second-order valence-corrected chi connectivity index (χ2v) is 7.67. The summed E-state index contributed by atoms with van der Waals surface area (Å²) in [6.07, 6.45) is 1.02. The highest BCUT2D eigenvalue weighted by molar-refractivity contribution is 7.92. The Balaban J connectivity index is 1.94. The van der Waals surface area contributed by atoms with Crippen molar-refractivity contribution in [1.29, 1.82) is 0 Å². The smallest absolute Gasteiger partial charge is 0.252 e. The van der Waals surface area contributed by atoms with Gasteiger partial charge in [-0.3, -0.25) is 9.52 Å². The van der Waals surface area contributed by atoms with E-state index in [0.29, 0.717) is 10.8 Å². The van der Waals surface area contributed by atoms with E-state index in [1.54, 1.807) is 24.3 Å². The molecule has 25 heavy (non-hydrogen) atoms. The monoisotopic (exact) mass is 402 g/mol. The molecule has 2 aromatic carbocycles. The molecule has 0 aromatic heterocycles. The van der Waals surface area contributed by atoms with E-state index in [1.807, 2.05) is 0 Å². The van der Waals surface area contributed by atoms with Crippen LogP contribution < -0.4 is 14.8 Å². The number of carbonyl (C=O) groups is 1. The number of halogens is 2. The first-order valence-corrected chi connectivity index (χ1v) is 9.84. The van der Waals surface area contributed by atoms with Crippen LogP contribution in [-0.2, 0) is 10.0 Å². The molecule has 2 N–H and O–H groups in total. The standard InChI is InChI=1S/C16H16Cl2N2O4S/c1-25(22,23)20-11-6-7-13(17)12(10-11)16(21)19-8-9-24-15-5-3-2-4-14(15)18/h2-7,10,20H,8-9H2,1H3,(H,19,21). The molecule has 2 rings (SSSR count). The lowest BCUT2D eigenvalue weighted by molar-refractivity contribution is 0.0947. The maximum absolute atomic E-state index is 12.2. The van der Waals surface area contributed by atoms with Gasteiger partial charge in [0.1, 0.15) is 12.4 Å². The van der Waals surface area contributed by atoms with Crippen LogP contribution in [0.1, 0.15) is 10.4 Å². The van der Waals surface area contributed by atoms with Crippen molar-refractivity contribution in [1.82, 2.24) is 5.32 Å². The summed E-state index contributed by atoms with van der Waals surface area (Å²) in [7, 11) is -3.45. The number of rotatable bonds is 7. The summed E-state index contributed by atoms with van der Waals surface area (Å²) in [6.45, 7) is 0.443. The van der Waals surface area contributed by atoms with Gasteiger partial charge in [-0.05, 0) is 30.3 Å². The molecule has 0 aliphatic rings. The number of ether oxygens (including phenoxy) is 1. The summed E-state index contributed by atoms with van der Waals surface area (Å²) in [5.74, 6) is 0.0840. The minimum Gasteiger partial charge on any atom is -0.490 e. The van der Waals surface area contributed by atoms with Crippen LogP contribution in [0.2, 0.25) is 10.0 Å². The Kier molecular flexibility index (Phi) is 6.52. The quantitative estimate of drug-likeness (QED) is 0.696. The summed E-state index contributed by atoms with van der Waals surface area (Å²) < 4.78 is 30.3. The van der Waals surface area contributed by atoms with Gasteiger partial charge >= 0.3 is 0 Å². The lowest BCUT2D eigenvalue weighted by atomic mass is 10.2. The first-order valence-electron chi connectivity index (χ1n) is 7.19. The molecule has 9 heteroatoms. The average molecular weight is 403 g/mol. The molecule has 0 saturated carbocycles.